The summed E-state index contributed by atoms with van der Waals surface area (Å²) in [6.07, 6.45) is 8.45. The van der Waals surface area contributed by atoms with Crippen molar-refractivity contribution in [2.24, 2.45) is 17.8 Å². The van der Waals surface area contributed by atoms with Crippen LogP contribution in [0.15, 0.2) is 0 Å². The summed E-state index contributed by atoms with van der Waals surface area (Å²) in [6.45, 7) is 13.5. The molecule has 0 aromatic carbocycles. The molecular weight excluding hydrogens is 244 g/mol. The van der Waals surface area contributed by atoms with Gasteiger partial charge in [0.25, 0.3) is 0 Å². The molecule has 1 aliphatic carbocycles. The monoisotopic (exact) mass is 280 g/mol. The topological polar surface area (TPSA) is 15.3 Å². The minimum atomic E-state index is 0.741. The molecule has 2 fully saturated rings. The Bertz CT molecular complexity index is 279. The van der Waals surface area contributed by atoms with Crippen molar-refractivity contribution >= 4 is 0 Å². The first-order chi connectivity index (χ1) is 9.63. The van der Waals surface area contributed by atoms with Crippen molar-refractivity contribution in [1.29, 1.82) is 0 Å². The number of nitrogens with zero attached hydrogens (tertiary/aromatic N) is 1. The lowest BCUT2D eigenvalue weighted by molar-refractivity contribution is 0.0531. The Balaban J connectivity index is 1.84. The van der Waals surface area contributed by atoms with E-state index in [9.17, 15) is 0 Å². The Hall–Kier alpha value is -0.0800. The van der Waals surface area contributed by atoms with Crippen molar-refractivity contribution in [2.45, 2.75) is 78.3 Å². The van der Waals surface area contributed by atoms with Gasteiger partial charge in [-0.05, 0) is 57.0 Å². The molecule has 2 aliphatic rings. The first-order valence-corrected chi connectivity index (χ1v) is 9.11. The van der Waals surface area contributed by atoms with Gasteiger partial charge in [-0.25, -0.2) is 0 Å². The fraction of sp³-hybridized carbons (Fsp3) is 1.00. The maximum atomic E-state index is 3.76. The molecule has 0 bridgehead atoms. The highest BCUT2D eigenvalue weighted by Crippen LogP contribution is 2.32. The van der Waals surface area contributed by atoms with Crippen LogP contribution >= 0.6 is 0 Å². The Morgan fingerprint density at radius 1 is 1.05 bits per heavy atom. The van der Waals surface area contributed by atoms with Gasteiger partial charge in [-0.1, -0.05) is 40.0 Å². The number of hydrogen-bond donors (Lipinski definition) is 1. The average molecular weight is 280 g/mol. The second-order valence-corrected chi connectivity index (χ2v) is 7.47. The molecule has 1 saturated carbocycles. The standard InChI is InChI=1S/C18H36N2/c1-5-11-19-18-10-12-20(16(4)15(18)3)13-17-9-7-6-8-14(17)2/h14-19H,5-13H2,1-4H3. The van der Waals surface area contributed by atoms with Crippen molar-refractivity contribution in [1.82, 2.24) is 10.2 Å². The quantitative estimate of drug-likeness (QED) is 0.821. The van der Waals surface area contributed by atoms with Gasteiger partial charge in [0.15, 0.2) is 0 Å². The number of rotatable bonds is 5. The Morgan fingerprint density at radius 2 is 1.80 bits per heavy atom. The lowest BCUT2D eigenvalue weighted by atomic mass is 9.79. The van der Waals surface area contributed by atoms with Gasteiger partial charge in [0.1, 0.15) is 0 Å². The van der Waals surface area contributed by atoms with E-state index in [0.717, 1.165) is 29.8 Å². The summed E-state index contributed by atoms with van der Waals surface area (Å²) in [5.41, 5.74) is 0. The predicted molar refractivity (Wildman–Crippen MR) is 88.0 cm³/mol. The number of likely N-dealkylation sites (tertiary alicyclic amines) is 1. The second-order valence-electron chi connectivity index (χ2n) is 7.47. The highest BCUT2D eigenvalue weighted by atomic mass is 15.2. The van der Waals surface area contributed by atoms with Crippen molar-refractivity contribution in [3.05, 3.63) is 0 Å². The second kappa shape index (κ2) is 7.79. The molecular formula is C18H36N2. The fourth-order valence-electron chi connectivity index (χ4n) is 4.28. The van der Waals surface area contributed by atoms with Gasteiger partial charge < -0.3 is 5.32 Å². The normalized spacial score (nSPS) is 39.9. The third-order valence-corrected chi connectivity index (χ3v) is 6.11. The summed E-state index contributed by atoms with van der Waals surface area (Å²) in [4.78, 5) is 2.79. The molecule has 1 saturated heterocycles. The van der Waals surface area contributed by atoms with E-state index in [1.807, 2.05) is 0 Å². The van der Waals surface area contributed by atoms with Crippen LogP contribution in [0, 0.1) is 17.8 Å². The van der Waals surface area contributed by atoms with Crippen molar-refractivity contribution < 1.29 is 0 Å². The van der Waals surface area contributed by atoms with E-state index < -0.39 is 0 Å². The van der Waals surface area contributed by atoms with Gasteiger partial charge in [0, 0.05) is 18.6 Å². The molecule has 2 rings (SSSR count). The van der Waals surface area contributed by atoms with Crippen LogP contribution in [0.3, 0.4) is 0 Å². The van der Waals surface area contributed by atoms with Gasteiger partial charge in [0.2, 0.25) is 0 Å². The molecule has 118 valence electrons. The fourth-order valence-corrected chi connectivity index (χ4v) is 4.28. The average Bonchev–Trinajstić information content (AvgIpc) is 2.45. The Kier molecular flexibility index (Phi) is 6.35. The van der Waals surface area contributed by atoms with Crippen LogP contribution in [0.5, 0.6) is 0 Å². The van der Waals surface area contributed by atoms with Gasteiger partial charge in [0.05, 0.1) is 0 Å². The Morgan fingerprint density at radius 3 is 2.50 bits per heavy atom. The summed E-state index contributed by atoms with van der Waals surface area (Å²) in [6, 6.07) is 1.48. The maximum Gasteiger partial charge on any atom is 0.0120 e. The largest absolute Gasteiger partial charge is 0.314 e. The van der Waals surface area contributed by atoms with Crippen LogP contribution in [0.1, 0.15) is 66.2 Å². The van der Waals surface area contributed by atoms with E-state index in [1.165, 1.54) is 58.2 Å². The zero-order valence-corrected chi connectivity index (χ0v) is 14.2. The highest BCUT2D eigenvalue weighted by molar-refractivity contribution is 4.90. The van der Waals surface area contributed by atoms with Crippen LogP contribution in [0.2, 0.25) is 0 Å². The van der Waals surface area contributed by atoms with E-state index in [-0.39, 0.29) is 0 Å². The van der Waals surface area contributed by atoms with Gasteiger partial charge in [-0.2, -0.15) is 0 Å². The molecule has 1 aliphatic heterocycles. The van der Waals surface area contributed by atoms with Crippen molar-refractivity contribution in [3.63, 3.8) is 0 Å². The first kappa shape index (κ1) is 16.3. The molecule has 0 aromatic heterocycles. The summed E-state index contributed by atoms with van der Waals surface area (Å²) in [7, 11) is 0. The van der Waals surface area contributed by atoms with E-state index >= 15 is 0 Å². The molecule has 2 heteroatoms. The molecule has 0 radical (unpaired) electrons. The number of hydrogen-bond acceptors (Lipinski definition) is 2. The molecule has 5 atom stereocenters. The zero-order valence-electron chi connectivity index (χ0n) is 14.2. The molecule has 0 amide bonds. The number of piperidine rings is 1. The highest BCUT2D eigenvalue weighted by Gasteiger charge is 2.34. The third-order valence-electron chi connectivity index (χ3n) is 6.11. The first-order valence-electron chi connectivity index (χ1n) is 9.11. The van der Waals surface area contributed by atoms with Crippen LogP contribution in [0.4, 0.5) is 0 Å². The molecule has 2 nitrogen and oxygen atoms in total. The van der Waals surface area contributed by atoms with Crippen LogP contribution in [0.25, 0.3) is 0 Å². The summed E-state index contributed by atoms with van der Waals surface area (Å²) in [5.74, 6) is 2.69. The van der Waals surface area contributed by atoms with E-state index in [2.05, 4.69) is 37.9 Å². The van der Waals surface area contributed by atoms with E-state index in [4.69, 9.17) is 0 Å². The summed E-state index contributed by atoms with van der Waals surface area (Å²) < 4.78 is 0. The maximum absolute atomic E-state index is 3.76. The van der Waals surface area contributed by atoms with Crippen LogP contribution in [-0.4, -0.2) is 36.6 Å². The third kappa shape index (κ3) is 3.98. The van der Waals surface area contributed by atoms with E-state index in [0.29, 0.717) is 0 Å². The number of nitrogens with one attached hydrogen (secondary N) is 1. The molecule has 20 heavy (non-hydrogen) atoms. The predicted octanol–water partition coefficient (Wildman–Crippen LogP) is 3.91. The lowest BCUT2D eigenvalue weighted by Gasteiger charge is -2.45. The molecule has 1 heterocycles. The van der Waals surface area contributed by atoms with Gasteiger partial charge in [-0.3, -0.25) is 4.90 Å². The molecule has 1 N–H and O–H groups in total. The van der Waals surface area contributed by atoms with Crippen LogP contribution < -0.4 is 5.32 Å². The van der Waals surface area contributed by atoms with Gasteiger partial charge >= 0.3 is 0 Å². The summed E-state index contributed by atoms with van der Waals surface area (Å²) in [5, 5.41) is 3.76. The molecule has 0 aromatic rings. The molecule has 5 unspecified atom stereocenters. The van der Waals surface area contributed by atoms with E-state index in [1.54, 1.807) is 0 Å². The van der Waals surface area contributed by atoms with Crippen molar-refractivity contribution in [3.8, 4) is 0 Å². The van der Waals surface area contributed by atoms with Crippen molar-refractivity contribution in [2.75, 3.05) is 19.6 Å². The molecule has 0 spiro atoms. The smallest absolute Gasteiger partial charge is 0.0120 e. The SMILES string of the molecule is CCCNC1CCN(CC2CCCCC2C)C(C)C1C. The Labute approximate surface area is 126 Å². The van der Waals surface area contributed by atoms with Gasteiger partial charge in [-0.15, -0.1) is 0 Å². The van der Waals surface area contributed by atoms with Crippen LogP contribution in [-0.2, 0) is 0 Å². The lowest BCUT2D eigenvalue weighted by Crippen LogP contribution is -2.54. The zero-order chi connectivity index (χ0) is 14.5. The summed E-state index contributed by atoms with van der Waals surface area (Å²) >= 11 is 0. The minimum Gasteiger partial charge on any atom is -0.314 e. The minimum absolute atomic E-state index is 0.741.